The Morgan fingerprint density at radius 2 is 1.62 bits per heavy atom. The van der Waals surface area contributed by atoms with Crippen LogP contribution in [0.4, 0.5) is 0 Å². The van der Waals surface area contributed by atoms with Crippen molar-refractivity contribution in [3.8, 4) is 11.5 Å². The second-order valence-corrected chi connectivity index (χ2v) is 7.52. The number of carboxylic acids is 1. The Labute approximate surface area is 186 Å². The summed E-state index contributed by atoms with van der Waals surface area (Å²) in [7, 11) is 0. The van der Waals surface area contributed by atoms with Crippen LogP contribution in [-0.4, -0.2) is 17.0 Å². The first-order chi connectivity index (χ1) is 13.9. The minimum absolute atomic E-state index is 0.240. The zero-order chi connectivity index (χ0) is 20.8. The topological polar surface area (TPSA) is 75.6 Å². The molecule has 1 amide bonds. The van der Waals surface area contributed by atoms with Crippen molar-refractivity contribution in [2.75, 3.05) is 0 Å². The predicted octanol–water partition coefficient (Wildman–Crippen LogP) is 5.59. The molecule has 0 unspecified atom stereocenters. The van der Waals surface area contributed by atoms with E-state index in [0.29, 0.717) is 21.9 Å². The molecule has 0 saturated heterocycles. The van der Waals surface area contributed by atoms with Gasteiger partial charge in [-0.2, -0.15) is 0 Å². The highest BCUT2D eigenvalue weighted by molar-refractivity contribution is 14.1. The highest BCUT2D eigenvalue weighted by Gasteiger charge is 2.13. The van der Waals surface area contributed by atoms with Gasteiger partial charge in [0.2, 0.25) is 0 Å². The van der Waals surface area contributed by atoms with Crippen LogP contribution in [0.25, 0.3) is 6.08 Å². The number of halogens is 2. The van der Waals surface area contributed by atoms with Gasteiger partial charge < -0.3 is 15.2 Å². The number of rotatable bonds is 6. The smallest absolute Gasteiger partial charge is 0.352 e. The second kappa shape index (κ2) is 9.58. The monoisotopic (exact) mass is 519 g/mol. The van der Waals surface area contributed by atoms with E-state index in [2.05, 4.69) is 27.9 Å². The molecule has 7 heteroatoms. The van der Waals surface area contributed by atoms with Gasteiger partial charge in [0.1, 0.15) is 17.2 Å². The van der Waals surface area contributed by atoms with Crippen molar-refractivity contribution < 1.29 is 19.4 Å². The maximum absolute atomic E-state index is 12.3. The average molecular weight is 520 g/mol. The van der Waals surface area contributed by atoms with Crippen molar-refractivity contribution in [3.05, 3.63) is 98.2 Å². The molecular weight excluding hydrogens is 505 g/mol. The van der Waals surface area contributed by atoms with Crippen LogP contribution in [0.3, 0.4) is 0 Å². The lowest BCUT2D eigenvalue weighted by molar-refractivity contribution is -0.132. The molecule has 0 aliphatic rings. The number of carbonyl (C=O) groups excluding carboxylic acids is 1. The molecule has 0 radical (unpaired) electrons. The van der Waals surface area contributed by atoms with Crippen molar-refractivity contribution in [2.24, 2.45) is 0 Å². The summed E-state index contributed by atoms with van der Waals surface area (Å²) in [5.74, 6) is -0.424. The summed E-state index contributed by atoms with van der Waals surface area (Å²) < 4.78 is 6.80. The first-order valence-corrected chi connectivity index (χ1v) is 9.92. The maximum Gasteiger partial charge on any atom is 0.352 e. The zero-order valence-electron chi connectivity index (χ0n) is 14.9. The summed E-state index contributed by atoms with van der Waals surface area (Å²) in [4.78, 5) is 23.8. The highest BCUT2D eigenvalue weighted by Crippen LogP contribution is 2.26. The molecule has 0 atom stereocenters. The van der Waals surface area contributed by atoms with E-state index in [-0.39, 0.29) is 5.70 Å². The van der Waals surface area contributed by atoms with Crippen molar-refractivity contribution in [3.63, 3.8) is 0 Å². The van der Waals surface area contributed by atoms with E-state index in [1.807, 2.05) is 24.3 Å². The van der Waals surface area contributed by atoms with E-state index in [4.69, 9.17) is 16.3 Å². The van der Waals surface area contributed by atoms with Gasteiger partial charge in [-0.3, -0.25) is 4.79 Å². The molecule has 0 saturated carbocycles. The first kappa shape index (κ1) is 20.9. The molecule has 5 nitrogen and oxygen atoms in total. The fraction of sp³-hybridized carbons (Fsp3) is 0. The number of carboxylic acid groups (broad SMARTS) is 1. The quantitative estimate of drug-likeness (QED) is 0.329. The zero-order valence-corrected chi connectivity index (χ0v) is 17.8. The minimum Gasteiger partial charge on any atom is -0.477 e. The van der Waals surface area contributed by atoms with Gasteiger partial charge in [-0.15, -0.1) is 0 Å². The summed E-state index contributed by atoms with van der Waals surface area (Å²) in [6.45, 7) is 0. The van der Waals surface area contributed by atoms with Crippen LogP contribution < -0.4 is 10.1 Å². The maximum atomic E-state index is 12.3. The van der Waals surface area contributed by atoms with Crippen molar-refractivity contribution in [1.82, 2.24) is 5.32 Å². The van der Waals surface area contributed by atoms with Crippen LogP contribution in [-0.2, 0) is 4.79 Å². The molecule has 0 aliphatic carbocycles. The van der Waals surface area contributed by atoms with E-state index >= 15 is 0 Å². The molecule has 0 bridgehead atoms. The molecule has 3 aromatic carbocycles. The van der Waals surface area contributed by atoms with E-state index in [1.165, 1.54) is 18.2 Å². The molecule has 0 aromatic heterocycles. The average Bonchev–Trinajstić information content (AvgIpc) is 2.71. The fourth-order valence-electron chi connectivity index (χ4n) is 2.40. The van der Waals surface area contributed by atoms with Gasteiger partial charge in [-0.05, 0) is 82.8 Å². The van der Waals surface area contributed by atoms with Crippen LogP contribution in [0.15, 0.2) is 78.5 Å². The molecule has 3 rings (SSSR count). The van der Waals surface area contributed by atoms with Gasteiger partial charge in [0.15, 0.2) is 0 Å². The minimum atomic E-state index is -1.24. The fourth-order valence-corrected chi connectivity index (χ4v) is 3.02. The molecule has 0 spiro atoms. The van der Waals surface area contributed by atoms with E-state index in [0.717, 1.165) is 9.32 Å². The van der Waals surface area contributed by atoms with Crippen molar-refractivity contribution >= 4 is 52.1 Å². The van der Waals surface area contributed by atoms with E-state index in [1.54, 1.807) is 36.4 Å². The van der Waals surface area contributed by atoms with Crippen molar-refractivity contribution in [2.45, 2.75) is 0 Å². The summed E-state index contributed by atoms with van der Waals surface area (Å²) in [5, 5.41) is 12.3. The molecule has 3 aromatic rings. The molecule has 2 N–H and O–H groups in total. The normalized spacial score (nSPS) is 11.0. The van der Waals surface area contributed by atoms with Gasteiger partial charge >= 0.3 is 5.97 Å². The third-order valence-electron chi connectivity index (χ3n) is 3.84. The Morgan fingerprint density at radius 1 is 0.966 bits per heavy atom. The number of para-hydroxylation sites is 1. The number of amides is 1. The predicted molar refractivity (Wildman–Crippen MR) is 120 cm³/mol. The Hall–Kier alpha value is -2.84. The summed E-state index contributed by atoms with van der Waals surface area (Å²) >= 11 is 7.99. The van der Waals surface area contributed by atoms with Crippen LogP contribution in [0.5, 0.6) is 11.5 Å². The number of aliphatic carboxylic acids is 1. The van der Waals surface area contributed by atoms with Gasteiger partial charge in [-0.1, -0.05) is 35.9 Å². The van der Waals surface area contributed by atoms with Crippen LogP contribution in [0.2, 0.25) is 5.02 Å². The third-order valence-corrected chi connectivity index (χ3v) is 4.98. The van der Waals surface area contributed by atoms with Crippen LogP contribution in [0.1, 0.15) is 15.9 Å². The molecule has 0 aliphatic heterocycles. The molecule has 0 heterocycles. The number of carbonyl (C=O) groups is 2. The molecule has 29 heavy (non-hydrogen) atoms. The second-order valence-electron chi connectivity index (χ2n) is 5.93. The van der Waals surface area contributed by atoms with E-state index in [9.17, 15) is 14.7 Å². The van der Waals surface area contributed by atoms with Gasteiger partial charge in [-0.25, -0.2) is 4.79 Å². The summed E-state index contributed by atoms with van der Waals surface area (Å²) in [5.41, 5.74) is 0.674. The van der Waals surface area contributed by atoms with Crippen LogP contribution >= 0.6 is 34.2 Å². The first-order valence-electron chi connectivity index (χ1n) is 8.47. The molecule has 146 valence electrons. The highest BCUT2D eigenvalue weighted by atomic mass is 127. The number of nitrogens with one attached hydrogen (secondary N) is 1. The summed E-state index contributed by atoms with van der Waals surface area (Å²) in [6.07, 6.45) is 1.38. The molecular formula is C22H15ClINO4. The van der Waals surface area contributed by atoms with Crippen molar-refractivity contribution in [1.29, 1.82) is 0 Å². The lowest BCUT2D eigenvalue weighted by atomic mass is 10.1. The number of hydrogen-bond acceptors (Lipinski definition) is 3. The number of ether oxygens (including phenoxy) is 1. The number of benzene rings is 3. The standard InChI is InChI=1S/C22H15ClINO4/c23-16-9-7-15(8-10-16)21(26)25-19(22(27)28)13-14-5-11-17(12-6-14)29-20-4-2-1-3-18(20)24/h1-13H,(H,25,26)(H,27,28). The number of hydrogen-bond donors (Lipinski definition) is 2. The molecule has 0 fully saturated rings. The lowest BCUT2D eigenvalue weighted by Crippen LogP contribution is -2.27. The lowest BCUT2D eigenvalue weighted by Gasteiger charge is -2.09. The Kier molecular flexibility index (Phi) is 6.90. The van der Waals surface area contributed by atoms with Gasteiger partial charge in [0, 0.05) is 10.6 Å². The summed E-state index contributed by atoms with van der Waals surface area (Å²) in [6, 6.07) is 20.7. The Bertz CT molecular complexity index is 1060. The third kappa shape index (κ3) is 5.82. The van der Waals surface area contributed by atoms with Gasteiger partial charge in [0.05, 0.1) is 3.57 Å². The SMILES string of the molecule is O=C(O)C(=Cc1ccc(Oc2ccccc2I)cc1)NC(=O)c1ccc(Cl)cc1. The van der Waals surface area contributed by atoms with Gasteiger partial charge in [0.25, 0.3) is 5.91 Å². The van der Waals surface area contributed by atoms with Crippen LogP contribution in [0, 0.1) is 3.57 Å². The van der Waals surface area contributed by atoms with E-state index < -0.39 is 11.9 Å². The Morgan fingerprint density at radius 3 is 2.24 bits per heavy atom. The largest absolute Gasteiger partial charge is 0.477 e. The Balaban J connectivity index is 1.75.